The lowest BCUT2D eigenvalue weighted by molar-refractivity contribution is 0.534. The van der Waals surface area contributed by atoms with E-state index in [1.165, 1.54) is 17.3 Å². The van der Waals surface area contributed by atoms with E-state index in [2.05, 4.69) is 47.7 Å². The Labute approximate surface area is 88.7 Å². The highest BCUT2D eigenvalue weighted by atomic mass is 32.1. The lowest BCUT2D eigenvalue weighted by Gasteiger charge is -2.19. The molecule has 74 valence electrons. The van der Waals surface area contributed by atoms with E-state index in [1.807, 2.05) is 0 Å². The van der Waals surface area contributed by atoms with E-state index >= 15 is 0 Å². The molecular formula is C11H14N2S. The summed E-state index contributed by atoms with van der Waals surface area (Å²) in [5.41, 5.74) is 3.46. The Bertz CT molecular complexity index is 403. The zero-order valence-corrected chi connectivity index (χ0v) is 9.56. The third-order valence-electron chi connectivity index (χ3n) is 2.82. The van der Waals surface area contributed by atoms with Gasteiger partial charge in [-0.15, -0.1) is 0 Å². The van der Waals surface area contributed by atoms with Crippen molar-refractivity contribution in [2.45, 2.75) is 27.2 Å². The maximum Gasteiger partial charge on any atom is 0.107 e. The molecule has 0 aromatic carbocycles. The van der Waals surface area contributed by atoms with E-state index in [-0.39, 0.29) is 5.41 Å². The number of nitrogens with zero attached hydrogens (tertiary/aromatic N) is 2. The first-order valence-corrected chi connectivity index (χ1v) is 5.59. The third kappa shape index (κ3) is 1.52. The molecular weight excluding hydrogens is 192 g/mol. The van der Waals surface area contributed by atoms with Crippen LogP contribution in [-0.2, 0) is 0 Å². The minimum atomic E-state index is 0.157. The summed E-state index contributed by atoms with van der Waals surface area (Å²) >= 11 is 1.28. The summed E-state index contributed by atoms with van der Waals surface area (Å²) in [6.45, 7) is 6.55. The summed E-state index contributed by atoms with van der Waals surface area (Å²) < 4.78 is 8.58. The van der Waals surface area contributed by atoms with Crippen molar-refractivity contribution in [3.63, 3.8) is 0 Å². The van der Waals surface area contributed by atoms with Gasteiger partial charge in [0.05, 0.1) is 11.7 Å². The van der Waals surface area contributed by atoms with Crippen molar-refractivity contribution in [2.24, 2.45) is 5.41 Å². The molecule has 2 rings (SSSR count). The fourth-order valence-corrected chi connectivity index (χ4v) is 2.27. The largest absolute Gasteiger partial charge is 0.173 e. The average molecular weight is 206 g/mol. The Kier molecular flexibility index (Phi) is 2.27. The molecule has 1 aliphatic rings. The van der Waals surface area contributed by atoms with E-state index in [0.29, 0.717) is 0 Å². The zero-order chi connectivity index (χ0) is 10.2. The van der Waals surface area contributed by atoms with Crippen LogP contribution in [0.5, 0.6) is 0 Å². The molecule has 0 saturated heterocycles. The fraction of sp³-hybridized carbons (Fsp3) is 0.455. The minimum Gasteiger partial charge on any atom is -0.173 e. The molecule has 0 bridgehead atoms. The van der Waals surface area contributed by atoms with Crippen molar-refractivity contribution in [1.29, 1.82) is 0 Å². The van der Waals surface area contributed by atoms with Gasteiger partial charge in [0.15, 0.2) is 0 Å². The van der Waals surface area contributed by atoms with Crippen LogP contribution in [-0.4, -0.2) is 8.75 Å². The van der Waals surface area contributed by atoms with Crippen LogP contribution in [0.1, 0.15) is 38.6 Å². The van der Waals surface area contributed by atoms with Crippen LogP contribution in [0.3, 0.4) is 0 Å². The molecule has 1 aromatic heterocycles. The first kappa shape index (κ1) is 9.59. The summed E-state index contributed by atoms with van der Waals surface area (Å²) in [5, 5.41) is 0. The van der Waals surface area contributed by atoms with Crippen LogP contribution < -0.4 is 0 Å². The predicted molar refractivity (Wildman–Crippen MR) is 61.0 cm³/mol. The Hall–Kier alpha value is -0.960. The molecule has 0 spiro atoms. The number of allylic oxidation sites excluding steroid dienone is 3. The molecule has 3 heteroatoms. The number of hydrogen-bond acceptors (Lipinski definition) is 3. The van der Waals surface area contributed by atoms with Crippen LogP contribution in [0, 0.1) is 5.41 Å². The molecule has 0 fully saturated rings. The van der Waals surface area contributed by atoms with Gasteiger partial charge in [0.2, 0.25) is 0 Å². The van der Waals surface area contributed by atoms with Gasteiger partial charge >= 0.3 is 0 Å². The third-order valence-corrected chi connectivity index (χ3v) is 3.36. The molecule has 0 aliphatic heterocycles. The molecule has 1 unspecified atom stereocenters. The lowest BCUT2D eigenvalue weighted by Crippen LogP contribution is -2.06. The monoisotopic (exact) mass is 206 g/mol. The molecule has 1 heterocycles. The van der Waals surface area contributed by atoms with E-state index in [9.17, 15) is 0 Å². The quantitative estimate of drug-likeness (QED) is 0.704. The van der Waals surface area contributed by atoms with Crippen molar-refractivity contribution in [2.75, 3.05) is 0 Å². The fourth-order valence-electron chi connectivity index (χ4n) is 1.68. The second-order valence-electron chi connectivity index (χ2n) is 4.02. The van der Waals surface area contributed by atoms with Gasteiger partial charge in [0.25, 0.3) is 0 Å². The van der Waals surface area contributed by atoms with Crippen LogP contribution in [0.25, 0.3) is 11.6 Å². The molecule has 0 N–H and O–H groups in total. The van der Waals surface area contributed by atoms with Gasteiger partial charge in [-0.2, -0.15) is 8.75 Å². The standard InChI is InChI=1S/C11H14N2S/c1-4-11(3)6-5-9-10(8(2)7-11)13-14-12-9/h5-7H,4H2,1-3H3. The second kappa shape index (κ2) is 3.31. The second-order valence-corrected chi connectivity index (χ2v) is 4.55. The molecule has 1 aromatic rings. The average Bonchev–Trinajstić information content (AvgIpc) is 2.59. The van der Waals surface area contributed by atoms with Gasteiger partial charge < -0.3 is 0 Å². The summed E-state index contributed by atoms with van der Waals surface area (Å²) in [7, 11) is 0. The van der Waals surface area contributed by atoms with Crippen LogP contribution >= 0.6 is 11.7 Å². The number of rotatable bonds is 1. The number of aromatic nitrogens is 2. The van der Waals surface area contributed by atoms with Crippen molar-refractivity contribution in [1.82, 2.24) is 8.75 Å². The minimum absolute atomic E-state index is 0.157. The summed E-state index contributed by atoms with van der Waals surface area (Å²) in [6.07, 6.45) is 7.71. The maximum absolute atomic E-state index is 4.31. The normalized spacial score (nSPS) is 25.5. The molecule has 1 aliphatic carbocycles. The van der Waals surface area contributed by atoms with E-state index in [4.69, 9.17) is 0 Å². The van der Waals surface area contributed by atoms with E-state index in [0.717, 1.165) is 17.8 Å². The zero-order valence-electron chi connectivity index (χ0n) is 8.74. The molecule has 2 nitrogen and oxygen atoms in total. The van der Waals surface area contributed by atoms with Crippen molar-refractivity contribution in [3.8, 4) is 0 Å². The highest BCUT2D eigenvalue weighted by molar-refractivity contribution is 6.99. The van der Waals surface area contributed by atoms with Gasteiger partial charge in [-0.3, -0.25) is 0 Å². The van der Waals surface area contributed by atoms with E-state index in [1.54, 1.807) is 0 Å². The number of hydrogen-bond donors (Lipinski definition) is 0. The van der Waals surface area contributed by atoms with Crippen molar-refractivity contribution in [3.05, 3.63) is 23.5 Å². The van der Waals surface area contributed by atoms with Crippen molar-refractivity contribution < 1.29 is 0 Å². The molecule has 0 radical (unpaired) electrons. The Balaban J connectivity index is 2.53. The van der Waals surface area contributed by atoms with Crippen molar-refractivity contribution >= 4 is 23.4 Å². The summed E-state index contributed by atoms with van der Waals surface area (Å²) in [4.78, 5) is 0. The van der Waals surface area contributed by atoms with Crippen LogP contribution in [0.2, 0.25) is 0 Å². The molecule has 1 atom stereocenters. The summed E-state index contributed by atoms with van der Waals surface area (Å²) in [5.74, 6) is 0. The SMILES string of the molecule is CCC1(C)C=Cc2nsnc2C(C)=C1. The highest BCUT2D eigenvalue weighted by Gasteiger charge is 2.21. The highest BCUT2D eigenvalue weighted by Crippen LogP contribution is 2.33. The Morgan fingerprint density at radius 2 is 2.21 bits per heavy atom. The van der Waals surface area contributed by atoms with Crippen LogP contribution in [0.4, 0.5) is 0 Å². The first-order valence-electron chi connectivity index (χ1n) is 4.86. The lowest BCUT2D eigenvalue weighted by atomic mass is 9.86. The topological polar surface area (TPSA) is 25.8 Å². The molecule has 0 amide bonds. The van der Waals surface area contributed by atoms with E-state index < -0.39 is 0 Å². The van der Waals surface area contributed by atoms with Gasteiger partial charge in [0.1, 0.15) is 11.4 Å². The van der Waals surface area contributed by atoms with Gasteiger partial charge in [0, 0.05) is 5.41 Å². The molecule has 0 saturated carbocycles. The summed E-state index contributed by atoms with van der Waals surface area (Å²) in [6, 6.07) is 0. The van der Waals surface area contributed by atoms with Gasteiger partial charge in [-0.05, 0) is 25.0 Å². The Morgan fingerprint density at radius 3 is 2.93 bits per heavy atom. The maximum atomic E-state index is 4.31. The van der Waals surface area contributed by atoms with Gasteiger partial charge in [-0.25, -0.2) is 0 Å². The van der Waals surface area contributed by atoms with Gasteiger partial charge in [-0.1, -0.05) is 26.0 Å². The predicted octanol–water partition coefficient (Wildman–Crippen LogP) is 3.38. The number of fused-ring (bicyclic) bond motifs is 1. The van der Waals surface area contributed by atoms with Crippen LogP contribution in [0.15, 0.2) is 12.2 Å². The first-order chi connectivity index (χ1) is 6.64. The Morgan fingerprint density at radius 1 is 1.43 bits per heavy atom. The molecule has 14 heavy (non-hydrogen) atoms. The smallest absolute Gasteiger partial charge is 0.107 e.